The predicted molar refractivity (Wildman–Crippen MR) is 127 cm³/mol. The minimum Gasteiger partial charge on any atom is -0.352 e. The molecule has 2 aromatic rings. The summed E-state index contributed by atoms with van der Waals surface area (Å²) in [5.74, 6) is 1.10. The van der Waals surface area contributed by atoms with Crippen molar-refractivity contribution in [1.82, 2.24) is 14.5 Å². The van der Waals surface area contributed by atoms with Crippen LogP contribution >= 0.6 is 0 Å². The van der Waals surface area contributed by atoms with Gasteiger partial charge in [-0.1, -0.05) is 6.42 Å². The molecule has 0 N–H and O–H groups in total. The lowest BCUT2D eigenvalue weighted by molar-refractivity contribution is -0.147. The first-order valence-electron chi connectivity index (χ1n) is 12.9. The Bertz CT molecular complexity index is 1110. The van der Waals surface area contributed by atoms with Crippen LogP contribution in [-0.4, -0.2) is 45.5 Å². The van der Waals surface area contributed by atoms with Crippen molar-refractivity contribution in [3.63, 3.8) is 0 Å². The van der Waals surface area contributed by atoms with Gasteiger partial charge in [-0.05, 0) is 82.6 Å². The van der Waals surface area contributed by atoms with Gasteiger partial charge >= 0.3 is 6.18 Å². The van der Waals surface area contributed by atoms with Crippen LogP contribution in [-0.2, 0) is 11.0 Å². The lowest BCUT2D eigenvalue weighted by Gasteiger charge is -2.45. The summed E-state index contributed by atoms with van der Waals surface area (Å²) in [5, 5.41) is 0. The summed E-state index contributed by atoms with van der Waals surface area (Å²) in [6.45, 7) is 5.40. The zero-order valence-electron chi connectivity index (χ0n) is 20.4. The zero-order chi connectivity index (χ0) is 24.5. The van der Waals surface area contributed by atoms with E-state index < -0.39 is 11.7 Å². The fraction of sp³-hybridized carbons (Fsp3) is 0.630. The highest BCUT2D eigenvalue weighted by atomic mass is 19.4. The molecule has 1 amide bonds. The molecule has 2 aromatic heterocycles. The van der Waals surface area contributed by atoms with Gasteiger partial charge in [-0.2, -0.15) is 13.2 Å². The molecule has 2 aliphatic carbocycles. The Labute approximate surface area is 204 Å². The van der Waals surface area contributed by atoms with E-state index in [1.54, 1.807) is 0 Å². The van der Waals surface area contributed by atoms with Crippen LogP contribution in [0.4, 0.5) is 19.0 Å². The lowest BCUT2D eigenvalue weighted by atomic mass is 9.78. The highest BCUT2D eigenvalue weighted by Crippen LogP contribution is 2.60. The summed E-state index contributed by atoms with van der Waals surface area (Å²) in [5.41, 5.74) is 1.56. The molecule has 0 aromatic carbocycles. The second-order valence-electron chi connectivity index (χ2n) is 11.2. The number of hydrogen-bond donors (Lipinski definition) is 0. The van der Waals surface area contributed by atoms with Crippen LogP contribution in [0.3, 0.4) is 0 Å². The van der Waals surface area contributed by atoms with Gasteiger partial charge in [-0.3, -0.25) is 4.79 Å². The van der Waals surface area contributed by atoms with E-state index in [0.29, 0.717) is 36.8 Å². The number of piperazine rings is 1. The summed E-state index contributed by atoms with van der Waals surface area (Å²) in [6, 6.07) is 6.95. The van der Waals surface area contributed by atoms with Crippen molar-refractivity contribution in [2.24, 2.45) is 11.3 Å². The molecule has 5 nitrogen and oxygen atoms in total. The summed E-state index contributed by atoms with van der Waals surface area (Å²) in [4.78, 5) is 22.7. The third-order valence-electron chi connectivity index (χ3n) is 9.34. The first kappa shape index (κ1) is 22.9. The molecule has 0 spiro atoms. The number of pyridine rings is 1. The number of alkyl halides is 3. The Morgan fingerprint density at radius 2 is 1.71 bits per heavy atom. The van der Waals surface area contributed by atoms with Crippen molar-refractivity contribution < 1.29 is 18.0 Å². The van der Waals surface area contributed by atoms with Crippen LogP contribution in [0.2, 0.25) is 0 Å². The maximum absolute atomic E-state index is 14.3. The van der Waals surface area contributed by atoms with Crippen molar-refractivity contribution in [3.8, 4) is 0 Å². The molecule has 8 heteroatoms. The van der Waals surface area contributed by atoms with E-state index in [-0.39, 0.29) is 17.5 Å². The number of halogens is 3. The van der Waals surface area contributed by atoms with Gasteiger partial charge in [0.25, 0.3) is 0 Å². The molecule has 35 heavy (non-hydrogen) atoms. The first-order chi connectivity index (χ1) is 16.7. The summed E-state index contributed by atoms with van der Waals surface area (Å²) < 4.78 is 42.2. The van der Waals surface area contributed by atoms with Gasteiger partial charge in [-0.15, -0.1) is 0 Å². The fourth-order valence-corrected chi connectivity index (χ4v) is 7.86. The van der Waals surface area contributed by atoms with E-state index >= 15 is 0 Å². The van der Waals surface area contributed by atoms with Crippen molar-refractivity contribution in [2.75, 3.05) is 18.0 Å². The molecule has 4 unspecified atom stereocenters. The molecule has 2 saturated carbocycles. The second kappa shape index (κ2) is 8.00. The van der Waals surface area contributed by atoms with E-state index in [0.717, 1.165) is 57.1 Å². The third-order valence-corrected chi connectivity index (χ3v) is 9.34. The molecule has 6 rings (SSSR count). The normalized spacial score (nSPS) is 32.4. The Morgan fingerprint density at radius 3 is 2.37 bits per heavy atom. The molecule has 188 valence electrons. The SMILES string of the molecule is Cc1ccc(C)n1C1CC2CCCC2(C(=O)N2C3CC[C@H]2CN(c2cc(C(F)(F)F)ccn2)C3)C1. The molecular formula is C27H33F3N4O. The van der Waals surface area contributed by atoms with Gasteiger partial charge in [0.05, 0.1) is 11.0 Å². The van der Waals surface area contributed by atoms with Crippen LogP contribution < -0.4 is 4.90 Å². The third kappa shape index (κ3) is 3.58. The first-order valence-corrected chi connectivity index (χ1v) is 12.9. The minimum absolute atomic E-state index is 0.0438. The van der Waals surface area contributed by atoms with E-state index in [9.17, 15) is 18.0 Å². The Morgan fingerprint density at radius 1 is 1.03 bits per heavy atom. The summed E-state index contributed by atoms with van der Waals surface area (Å²) >= 11 is 0. The van der Waals surface area contributed by atoms with Crippen LogP contribution in [0.1, 0.15) is 67.9 Å². The number of aromatic nitrogens is 2. The lowest BCUT2D eigenvalue weighted by Crippen LogP contribution is -2.59. The highest BCUT2D eigenvalue weighted by molar-refractivity contribution is 5.85. The molecule has 4 aliphatic rings. The zero-order valence-corrected chi connectivity index (χ0v) is 20.4. The van der Waals surface area contributed by atoms with Crippen LogP contribution in [0.25, 0.3) is 0 Å². The van der Waals surface area contributed by atoms with Crippen molar-refractivity contribution in [2.45, 2.75) is 83.1 Å². The molecule has 2 bridgehead atoms. The number of nitrogens with zero attached hydrogens (tertiary/aromatic N) is 4. The van der Waals surface area contributed by atoms with Gasteiger partial charge in [0.15, 0.2) is 0 Å². The number of aryl methyl sites for hydroxylation is 2. The summed E-state index contributed by atoms with van der Waals surface area (Å²) in [7, 11) is 0. The maximum Gasteiger partial charge on any atom is 0.416 e. The van der Waals surface area contributed by atoms with Gasteiger partial charge in [0.2, 0.25) is 5.91 Å². The molecule has 5 atom stereocenters. The number of fused-ring (bicyclic) bond motifs is 3. The van der Waals surface area contributed by atoms with Gasteiger partial charge in [-0.25, -0.2) is 4.98 Å². The largest absolute Gasteiger partial charge is 0.416 e. The van der Waals surface area contributed by atoms with Crippen molar-refractivity contribution in [1.29, 1.82) is 0 Å². The molecule has 2 aliphatic heterocycles. The number of carbonyl (C=O) groups is 1. The molecule has 4 fully saturated rings. The van der Waals surface area contributed by atoms with E-state index in [2.05, 4.69) is 40.4 Å². The van der Waals surface area contributed by atoms with Crippen molar-refractivity contribution in [3.05, 3.63) is 47.4 Å². The monoisotopic (exact) mass is 486 g/mol. The average Bonchev–Trinajstić information content (AvgIpc) is 3.53. The smallest absolute Gasteiger partial charge is 0.352 e. The van der Waals surface area contributed by atoms with Crippen molar-refractivity contribution >= 4 is 11.7 Å². The average molecular weight is 487 g/mol. The standard InChI is InChI=1S/C27H33F3N4O/c1-17-5-6-18(2)33(17)23-12-19-4-3-10-26(19,14-23)25(35)34-21-7-8-22(34)16-32(15-21)24-13-20(9-11-31-24)27(28,29)30/h5-6,9,11,13,19,21-23H,3-4,7-8,10,12,14-16H2,1-2H3/t19?,21-,22?,23?,26?/m0/s1. The van der Waals surface area contributed by atoms with Gasteiger partial charge in [0, 0.05) is 48.8 Å². The number of amides is 1. The van der Waals surface area contributed by atoms with Gasteiger partial charge in [0.1, 0.15) is 5.82 Å². The Balaban J connectivity index is 1.24. The fourth-order valence-electron chi connectivity index (χ4n) is 7.86. The van der Waals surface area contributed by atoms with Crippen LogP contribution in [0, 0.1) is 25.2 Å². The van der Waals surface area contributed by atoms with E-state index in [1.807, 2.05) is 4.90 Å². The van der Waals surface area contributed by atoms with Crippen LogP contribution in [0.5, 0.6) is 0 Å². The minimum atomic E-state index is -4.39. The van der Waals surface area contributed by atoms with E-state index in [1.165, 1.54) is 17.6 Å². The molecular weight excluding hydrogens is 453 g/mol. The molecule has 2 saturated heterocycles. The van der Waals surface area contributed by atoms with Gasteiger partial charge < -0.3 is 14.4 Å². The number of hydrogen-bond acceptors (Lipinski definition) is 3. The topological polar surface area (TPSA) is 41.4 Å². The summed E-state index contributed by atoms with van der Waals surface area (Å²) in [6.07, 6.45) is 3.82. The number of anilines is 1. The number of carbonyl (C=O) groups excluding carboxylic acids is 1. The second-order valence-corrected chi connectivity index (χ2v) is 11.2. The maximum atomic E-state index is 14.3. The van der Waals surface area contributed by atoms with E-state index in [4.69, 9.17) is 0 Å². The predicted octanol–water partition coefficient (Wildman–Crippen LogP) is 5.52. The number of rotatable bonds is 3. The Hall–Kier alpha value is -2.51. The highest BCUT2D eigenvalue weighted by Gasteiger charge is 2.59. The quantitative estimate of drug-likeness (QED) is 0.574. The van der Waals surface area contributed by atoms with Crippen LogP contribution in [0.15, 0.2) is 30.5 Å². The molecule has 0 radical (unpaired) electrons. The molecule has 4 heterocycles. The Kier molecular flexibility index (Phi) is 5.24.